The van der Waals surface area contributed by atoms with Crippen molar-refractivity contribution < 1.29 is 54.2 Å². The van der Waals surface area contributed by atoms with Crippen molar-refractivity contribution in [1.29, 1.82) is 0 Å². The highest BCUT2D eigenvalue weighted by Crippen LogP contribution is 2.32. The minimum Gasteiger partial charge on any atom is -0.493 e. The number of aliphatic hydroxyl groups is 1. The zero-order valence-corrected chi connectivity index (χ0v) is 25.1. The van der Waals surface area contributed by atoms with E-state index in [-0.39, 0.29) is 0 Å². The minimum atomic E-state index is -1.26. The molecule has 14 nitrogen and oxygen atoms in total. The lowest BCUT2D eigenvalue weighted by molar-refractivity contribution is -0.134. The summed E-state index contributed by atoms with van der Waals surface area (Å²) in [4.78, 5) is 45.3. The van der Waals surface area contributed by atoms with Crippen LogP contribution in [0.1, 0.15) is 36.4 Å². The highest BCUT2D eigenvalue weighted by atomic mass is 16.5. The molecule has 0 saturated carbocycles. The average molecular weight is 628 g/mol. The van der Waals surface area contributed by atoms with Gasteiger partial charge in [0.05, 0.1) is 31.4 Å². The van der Waals surface area contributed by atoms with Crippen LogP contribution in [0.3, 0.4) is 0 Å². The van der Waals surface area contributed by atoms with Crippen molar-refractivity contribution in [2.45, 2.75) is 31.9 Å². The quantitative estimate of drug-likeness (QED) is 0.205. The summed E-state index contributed by atoms with van der Waals surface area (Å²) in [5.41, 5.74) is 3.13. The first-order valence-electron chi connectivity index (χ1n) is 13.7. The number of aryl methyl sites for hydroxylation is 1. The molecule has 1 unspecified atom stereocenters. The summed E-state index contributed by atoms with van der Waals surface area (Å²) in [6.45, 7) is 4.63. The second kappa shape index (κ2) is 17.8. The monoisotopic (exact) mass is 627 g/mol. The fourth-order valence-electron chi connectivity index (χ4n) is 4.68. The predicted molar refractivity (Wildman–Crippen MR) is 163 cm³/mol. The van der Waals surface area contributed by atoms with Crippen molar-refractivity contribution in [3.8, 4) is 11.5 Å². The molecular weight excluding hydrogens is 590 g/mol. The van der Waals surface area contributed by atoms with E-state index < -0.39 is 30.0 Å². The number of aliphatic hydroxyl groups excluding tert-OH is 1. The number of ether oxygens (including phenoxy) is 2. The Kier molecular flexibility index (Phi) is 14.2. The first-order chi connectivity index (χ1) is 21.4. The van der Waals surface area contributed by atoms with Gasteiger partial charge in [0.2, 0.25) is 0 Å². The Bertz CT molecular complexity index is 1460. The molecule has 45 heavy (non-hydrogen) atoms. The van der Waals surface area contributed by atoms with Gasteiger partial charge in [-0.25, -0.2) is 24.2 Å². The third-order valence-corrected chi connectivity index (χ3v) is 6.65. The Labute approximate surface area is 259 Å². The largest absolute Gasteiger partial charge is 0.493 e. The number of carboxylic acids is 4. The second-order valence-electron chi connectivity index (χ2n) is 9.70. The molecule has 1 aliphatic rings. The van der Waals surface area contributed by atoms with Crippen molar-refractivity contribution in [2.75, 3.05) is 33.9 Å². The van der Waals surface area contributed by atoms with E-state index in [4.69, 9.17) is 34.9 Å². The lowest BCUT2D eigenvalue weighted by Gasteiger charge is -2.34. The number of aromatic nitrogens is 2. The van der Waals surface area contributed by atoms with Crippen LogP contribution in [-0.4, -0.2) is 97.7 Å². The van der Waals surface area contributed by atoms with Crippen LogP contribution in [0.5, 0.6) is 11.5 Å². The Morgan fingerprint density at radius 1 is 0.844 bits per heavy atom. The number of likely N-dealkylation sites (tertiary alicyclic amines) is 1. The Hall–Kier alpha value is -5.21. The minimum absolute atomic E-state index is 0.455. The van der Waals surface area contributed by atoms with Gasteiger partial charge in [-0.2, -0.15) is 0 Å². The van der Waals surface area contributed by atoms with E-state index in [1.165, 1.54) is 5.52 Å². The van der Waals surface area contributed by atoms with Crippen LogP contribution in [0.2, 0.25) is 0 Å². The summed E-state index contributed by atoms with van der Waals surface area (Å²) >= 11 is 0. The molecule has 1 aliphatic heterocycles. The van der Waals surface area contributed by atoms with Gasteiger partial charge in [0.1, 0.15) is 5.82 Å². The number of carboxylic acid groups (broad SMARTS) is 4. The number of aliphatic carboxylic acids is 4. The molecule has 1 aromatic heterocycles. The maximum atomic E-state index is 10.7. The molecule has 2 heterocycles. The van der Waals surface area contributed by atoms with Crippen molar-refractivity contribution in [2.24, 2.45) is 0 Å². The van der Waals surface area contributed by atoms with Gasteiger partial charge in [-0.3, -0.25) is 0 Å². The van der Waals surface area contributed by atoms with E-state index in [9.17, 15) is 24.3 Å². The van der Waals surface area contributed by atoms with Gasteiger partial charge >= 0.3 is 23.9 Å². The number of carbonyl (C=O) groups is 4. The maximum Gasteiger partial charge on any atom is 0.328 e. The molecule has 4 rings (SSSR count). The molecule has 0 amide bonds. The molecule has 1 fully saturated rings. The van der Waals surface area contributed by atoms with Crippen LogP contribution in [0, 0.1) is 6.92 Å². The number of hydrogen-bond donors (Lipinski definition) is 5. The molecule has 0 spiro atoms. The smallest absolute Gasteiger partial charge is 0.328 e. The van der Waals surface area contributed by atoms with Crippen LogP contribution in [0.15, 0.2) is 66.8 Å². The predicted octanol–water partition coefficient (Wildman–Crippen LogP) is 3.16. The Morgan fingerprint density at radius 2 is 1.36 bits per heavy atom. The molecule has 3 aromatic rings. The summed E-state index contributed by atoms with van der Waals surface area (Å²) in [6.07, 6.45) is 3.79. The van der Waals surface area contributed by atoms with Crippen LogP contribution in [0.4, 0.5) is 0 Å². The van der Waals surface area contributed by atoms with Gasteiger partial charge in [-0.15, -0.1) is 0 Å². The van der Waals surface area contributed by atoms with Gasteiger partial charge < -0.3 is 44.5 Å². The molecule has 0 radical (unpaired) electrons. The van der Waals surface area contributed by atoms with Crippen molar-refractivity contribution >= 4 is 34.9 Å². The molecule has 5 N–H and O–H groups in total. The van der Waals surface area contributed by atoms with E-state index in [0.29, 0.717) is 48.4 Å². The van der Waals surface area contributed by atoms with Gasteiger partial charge in [0.25, 0.3) is 0 Å². The van der Waals surface area contributed by atoms with Gasteiger partial charge in [-0.05, 0) is 49.6 Å². The van der Waals surface area contributed by atoms with Crippen LogP contribution in [0.25, 0.3) is 11.0 Å². The van der Waals surface area contributed by atoms with Crippen LogP contribution >= 0.6 is 0 Å². The number of nitrogens with zero attached hydrogens (tertiary/aromatic N) is 3. The summed E-state index contributed by atoms with van der Waals surface area (Å²) < 4.78 is 13.0. The highest BCUT2D eigenvalue weighted by molar-refractivity contribution is 5.90. The zero-order valence-electron chi connectivity index (χ0n) is 25.1. The molecule has 1 saturated heterocycles. The van der Waals surface area contributed by atoms with Crippen LogP contribution < -0.4 is 9.47 Å². The summed E-state index contributed by atoms with van der Waals surface area (Å²) in [6, 6.07) is 14.4. The molecule has 1 atom stereocenters. The average Bonchev–Trinajstić information content (AvgIpc) is 3.35. The number of fused-ring (bicyclic) bond motifs is 1. The normalized spacial score (nSPS) is 14.2. The number of rotatable bonds is 10. The lowest BCUT2D eigenvalue weighted by atomic mass is 10.0. The summed E-state index contributed by atoms with van der Waals surface area (Å²) in [5.74, 6) is -2.63. The number of imidazole rings is 1. The molecule has 242 valence electrons. The fourth-order valence-corrected chi connectivity index (χ4v) is 4.68. The van der Waals surface area contributed by atoms with Crippen molar-refractivity contribution in [3.05, 3.63) is 78.2 Å². The lowest BCUT2D eigenvalue weighted by Crippen LogP contribution is -2.37. The number of piperidine rings is 1. The van der Waals surface area contributed by atoms with E-state index >= 15 is 0 Å². The third kappa shape index (κ3) is 11.8. The number of para-hydroxylation sites is 2. The number of hydrogen-bond acceptors (Lipinski definition) is 9. The molecule has 0 aliphatic carbocycles. The maximum absolute atomic E-state index is 10.7. The Morgan fingerprint density at radius 3 is 1.84 bits per heavy atom. The second-order valence-corrected chi connectivity index (χ2v) is 9.70. The number of benzene rings is 2. The molecule has 2 aromatic carbocycles. The zero-order chi connectivity index (χ0) is 33.5. The van der Waals surface area contributed by atoms with E-state index in [0.717, 1.165) is 42.8 Å². The van der Waals surface area contributed by atoms with Crippen LogP contribution in [-0.2, 0) is 19.2 Å². The van der Waals surface area contributed by atoms with Gasteiger partial charge in [0.15, 0.2) is 11.5 Å². The van der Waals surface area contributed by atoms with E-state index in [1.807, 2.05) is 24.3 Å². The highest BCUT2D eigenvalue weighted by Gasteiger charge is 2.25. The topological polar surface area (TPSA) is 209 Å². The molecular formula is C31H37N3O11. The fraction of sp³-hybridized carbons (Fsp3) is 0.323. The standard InChI is InChI=1S/C23H29N3O3.2C4H4O4/c1-16-24-19-6-4-5-7-20(19)26(16)18-10-12-25(13-11-18)15-21(27)17-8-9-22(28-2)23(14-17)29-3;2*5-3(6)1-2-4(7)8/h4-9,14,18,21,27H,10-13,15H2,1-3H3;2*1-2H,(H,5,6)(H,7,8). The first kappa shape index (κ1) is 36.0. The van der Waals surface area contributed by atoms with Crippen molar-refractivity contribution in [3.63, 3.8) is 0 Å². The molecule has 0 bridgehead atoms. The van der Waals surface area contributed by atoms with E-state index in [1.54, 1.807) is 14.2 Å². The molecule has 14 heteroatoms. The third-order valence-electron chi connectivity index (χ3n) is 6.65. The van der Waals surface area contributed by atoms with Gasteiger partial charge in [-0.1, -0.05) is 18.2 Å². The van der Waals surface area contributed by atoms with E-state index in [2.05, 4.69) is 34.6 Å². The first-order valence-corrected chi connectivity index (χ1v) is 13.7. The Balaban J connectivity index is 0.000000365. The van der Waals surface area contributed by atoms with Gasteiger partial charge in [0, 0.05) is 50.0 Å². The summed E-state index contributed by atoms with van der Waals surface area (Å²) in [5, 5.41) is 42.0. The number of methoxy groups -OCH3 is 2. The summed E-state index contributed by atoms with van der Waals surface area (Å²) in [7, 11) is 3.23. The SMILES string of the molecule is COc1ccc(C(O)CN2CCC(n3c(C)nc4ccccc43)CC2)cc1OC.O=C(O)C=CC(=O)O.O=C(O)C=CC(=O)O. The number of β-amino-alcohol motifs (C(OH)–C–C–N with tert-alkyl or cyclic N) is 1. The van der Waals surface area contributed by atoms with Crippen molar-refractivity contribution in [1.82, 2.24) is 14.5 Å².